The molecule has 2 unspecified atom stereocenters. The molecule has 1 aromatic heterocycles. The Balaban J connectivity index is 1.35. The van der Waals surface area contributed by atoms with Gasteiger partial charge in [0, 0.05) is 17.7 Å². The maximum Gasteiger partial charge on any atom is 0.319 e. The van der Waals surface area contributed by atoms with Crippen LogP contribution in [-0.4, -0.2) is 33.8 Å². The molecule has 0 bridgehead atoms. The highest BCUT2D eigenvalue weighted by Gasteiger charge is 2.43. The van der Waals surface area contributed by atoms with E-state index in [1.165, 1.54) is 0 Å². The van der Waals surface area contributed by atoms with Crippen molar-refractivity contribution < 1.29 is 23.8 Å². The Labute approximate surface area is 182 Å². The van der Waals surface area contributed by atoms with Crippen LogP contribution in [0.5, 0.6) is 5.75 Å². The molecule has 2 heterocycles. The fraction of sp³-hybridized carbons (Fsp3) is 0.167. The van der Waals surface area contributed by atoms with E-state index in [-0.39, 0.29) is 19.0 Å². The second-order valence-electron chi connectivity index (χ2n) is 7.54. The first-order chi connectivity index (χ1) is 15.6. The third-order valence-electron chi connectivity index (χ3n) is 5.60. The van der Waals surface area contributed by atoms with Gasteiger partial charge in [-0.1, -0.05) is 53.6 Å². The molecule has 0 amide bonds. The largest absolute Gasteiger partial charge is 0.481 e. The van der Waals surface area contributed by atoms with Crippen molar-refractivity contribution in [2.75, 3.05) is 11.9 Å². The molecule has 2 atom stereocenters. The molecule has 32 heavy (non-hydrogen) atoms. The zero-order valence-corrected chi connectivity index (χ0v) is 16.9. The van der Waals surface area contributed by atoms with Gasteiger partial charge in [-0.25, -0.2) is 0 Å². The van der Waals surface area contributed by atoms with E-state index in [9.17, 15) is 14.7 Å². The van der Waals surface area contributed by atoms with Crippen LogP contribution in [0.3, 0.4) is 0 Å². The summed E-state index contributed by atoms with van der Waals surface area (Å²) in [6.45, 7) is 0.233. The molecule has 1 aliphatic rings. The summed E-state index contributed by atoms with van der Waals surface area (Å²) in [6.07, 6.45) is 0.167. The average molecular weight is 429 g/mol. The summed E-state index contributed by atoms with van der Waals surface area (Å²) >= 11 is 0. The lowest BCUT2D eigenvalue weighted by molar-refractivity contribution is -0.147. The lowest BCUT2D eigenvalue weighted by atomic mass is 9.82. The molecule has 8 heteroatoms. The highest BCUT2D eigenvalue weighted by molar-refractivity contribution is 5.99. The third kappa shape index (κ3) is 3.56. The monoisotopic (exact) mass is 429 g/mol. The lowest BCUT2D eigenvalue weighted by Gasteiger charge is -2.18. The second kappa shape index (κ2) is 8.14. The summed E-state index contributed by atoms with van der Waals surface area (Å²) in [4.78, 5) is 24.8. The highest BCUT2D eigenvalue weighted by atomic mass is 16.5. The van der Waals surface area contributed by atoms with Crippen LogP contribution < -0.4 is 10.1 Å². The number of carboxylic acid groups (broad SMARTS) is 1. The van der Waals surface area contributed by atoms with E-state index in [0.717, 1.165) is 16.3 Å². The number of hydrogen-bond acceptors (Lipinski definition) is 7. The van der Waals surface area contributed by atoms with E-state index >= 15 is 0 Å². The van der Waals surface area contributed by atoms with Crippen LogP contribution in [0, 0.1) is 5.92 Å². The molecule has 5 rings (SSSR count). The molecule has 3 aromatic carbocycles. The number of nitrogens with one attached hydrogen (secondary N) is 1. The van der Waals surface area contributed by atoms with Crippen molar-refractivity contribution in [2.24, 2.45) is 5.92 Å². The number of aromatic nitrogens is 2. The molecule has 0 spiro atoms. The Morgan fingerprint density at radius 2 is 1.81 bits per heavy atom. The molecular weight excluding hydrogens is 410 g/mol. The van der Waals surface area contributed by atoms with Crippen LogP contribution in [0.4, 0.5) is 6.01 Å². The van der Waals surface area contributed by atoms with E-state index < -0.39 is 23.8 Å². The maximum atomic E-state index is 12.7. The summed E-state index contributed by atoms with van der Waals surface area (Å²) in [6, 6.07) is 20.7. The normalized spacial score (nSPS) is 15.9. The summed E-state index contributed by atoms with van der Waals surface area (Å²) in [5, 5.41) is 22.6. The number of nitrogens with zero attached hydrogens (tertiary/aromatic N) is 2. The standard InChI is InChI=1S/C24H19N3O5/c28-22(29)17(12-13-25-24-27-26-21(32-24)15-7-2-1-3-8-15)20-19-16-9-5-4-6-14(16)10-11-18(19)31-23(20)30/h1-11,17,20H,12-13H2,(H,25,27)(H,28,29). The van der Waals surface area contributed by atoms with Gasteiger partial charge in [-0.3, -0.25) is 9.59 Å². The summed E-state index contributed by atoms with van der Waals surface area (Å²) < 4.78 is 11.0. The van der Waals surface area contributed by atoms with E-state index in [0.29, 0.717) is 17.2 Å². The van der Waals surface area contributed by atoms with E-state index in [4.69, 9.17) is 9.15 Å². The quantitative estimate of drug-likeness (QED) is 0.333. The van der Waals surface area contributed by atoms with Gasteiger partial charge in [0.2, 0.25) is 5.89 Å². The smallest absolute Gasteiger partial charge is 0.319 e. The fourth-order valence-electron chi connectivity index (χ4n) is 4.10. The van der Waals surface area contributed by atoms with Gasteiger partial charge in [0.25, 0.3) is 0 Å². The van der Waals surface area contributed by atoms with Crippen molar-refractivity contribution >= 4 is 28.7 Å². The number of anilines is 1. The Kier molecular flexibility index (Phi) is 5.03. The number of carboxylic acids is 1. The van der Waals surface area contributed by atoms with E-state index in [2.05, 4.69) is 15.5 Å². The topological polar surface area (TPSA) is 115 Å². The first-order valence-corrected chi connectivity index (χ1v) is 10.2. The first kappa shape index (κ1) is 19.7. The van der Waals surface area contributed by atoms with Gasteiger partial charge in [0.15, 0.2) is 0 Å². The summed E-state index contributed by atoms with van der Waals surface area (Å²) in [7, 11) is 0. The van der Waals surface area contributed by atoms with E-state index in [1.807, 2.05) is 60.7 Å². The predicted molar refractivity (Wildman–Crippen MR) is 116 cm³/mol. The predicted octanol–water partition coefficient (Wildman–Crippen LogP) is 4.10. The van der Waals surface area contributed by atoms with Crippen LogP contribution in [0.15, 0.2) is 71.1 Å². The number of carbonyl (C=O) groups is 2. The molecule has 160 valence electrons. The van der Waals surface area contributed by atoms with Gasteiger partial charge in [0.1, 0.15) is 5.75 Å². The Morgan fingerprint density at radius 1 is 1.03 bits per heavy atom. The minimum Gasteiger partial charge on any atom is -0.481 e. The molecule has 0 saturated carbocycles. The molecule has 4 aromatic rings. The van der Waals surface area contributed by atoms with Crippen molar-refractivity contribution in [3.05, 3.63) is 72.3 Å². The highest BCUT2D eigenvalue weighted by Crippen LogP contribution is 2.44. The van der Waals surface area contributed by atoms with Gasteiger partial charge in [0.05, 0.1) is 11.8 Å². The zero-order valence-electron chi connectivity index (χ0n) is 16.9. The molecule has 1 aliphatic heterocycles. The van der Waals surface area contributed by atoms with Gasteiger partial charge in [-0.2, -0.15) is 0 Å². The number of ether oxygens (including phenoxy) is 1. The summed E-state index contributed by atoms with van der Waals surface area (Å²) in [5.74, 6) is -2.69. The number of carbonyl (C=O) groups excluding carboxylic acids is 1. The fourth-order valence-corrected chi connectivity index (χ4v) is 4.10. The average Bonchev–Trinajstić information content (AvgIpc) is 3.41. The van der Waals surface area contributed by atoms with Crippen LogP contribution in [0.2, 0.25) is 0 Å². The minimum absolute atomic E-state index is 0.167. The van der Waals surface area contributed by atoms with Crippen LogP contribution >= 0.6 is 0 Å². The van der Waals surface area contributed by atoms with Crippen molar-refractivity contribution in [3.63, 3.8) is 0 Å². The second-order valence-corrected chi connectivity index (χ2v) is 7.54. The molecule has 2 N–H and O–H groups in total. The van der Waals surface area contributed by atoms with Gasteiger partial charge < -0.3 is 19.6 Å². The molecule has 0 fully saturated rings. The third-order valence-corrected chi connectivity index (χ3v) is 5.60. The number of rotatable bonds is 7. The lowest BCUT2D eigenvalue weighted by Crippen LogP contribution is -2.28. The molecule has 8 nitrogen and oxygen atoms in total. The Morgan fingerprint density at radius 3 is 2.62 bits per heavy atom. The number of benzene rings is 3. The summed E-state index contributed by atoms with van der Waals surface area (Å²) in [5.41, 5.74) is 1.42. The number of aliphatic carboxylic acids is 1. The van der Waals surface area contributed by atoms with Gasteiger partial charge >= 0.3 is 18.0 Å². The zero-order chi connectivity index (χ0) is 22.1. The molecule has 0 radical (unpaired) electrons. The Hall–Kier alpha value is -4.20. The minimum atomic E-state index is -1.06. The van der Waals surface area contributed by atoms with Crippen molar-refractivity contribution in [3.8, 4) is 17.2 Å². The van der Waals surface area contributed by atoms with Crippen LogP contribution in [0.25, 0.3) is 22.2 Å². The van der Waals surface area contributed by atoms with E-state index in [1.54, 1.807) is 6.07 Å². The van der Waals surface area contributed by atoms with Crippen molar-refractivity contribution in [1.29, 1.82) is 0 Å². The maximum absolute atomic E-state index is 12.7. The number of hydrogen-bond donors (Lipinski definition) is 2. The van der Waals surface area contributed by atoms with Gasteiger partial charge in [-0.05, 0) is 35.4 Å². The number of fused-ring (bicyclic) bond motifs is 3. The molecular formula is C24H19N3O5. The molecule has 0 aliphatic carbocycles. The van der Waals surface area contributed by atoms with Crippen molar-refractivity contribution in [2.45, 2.75) is 12.3 Å². The number of esters is 1. The van der Waals surface area contributed by atoms with Gasteiger partial charge in [-0.15, -0.1) is 5.10 Å². The van der Waals surface area contributed by atoms with Crippen LogP contribution in [0.1, 0.15) is 17.9 Å². The first-order valence-electron chi connectivity index (χ1n) is 10.2. The van der Waals surface area contributed by atoms with Crippen LogP contribution in [-0.2, 0) is 9.59 Å². The Bertz CT molecular complexity index is 1300. The van der Waals surface area contributed by atoms with Crippen molar-refractivity contribution in [1.82, 2.24) is 10.2 Å². The molecule has 0 saturated heterocycles. The SMILES string of the molecule is O=C(O)C(CCNc1nnc(-c2ccccc2)o1)C1C(=O)Oc2ccc3ccccc3c21.